The number of aromatic carboxylic acids is 1. The van der Waals surface area contributed by atoms with Crippen molar-refractivity contribution in [1.29, 1.82) is 5.41 Å². The average Bonchev–Trinajstić information content (AvgIpc) is 3.66. The molecule has 0 saturated heterocycles. The van der Waals surface area contributed by atoms with Crippen molar-refractivity contribution in [3.63, 3.8) is 0 Å². The molecule has 1 atom stereocenters. The molecule has 3 heterocycles. The third-order valence-electron chi connectivity index (χ3n) is 10.1. The highest BCUT2D eigenvalue weighted by molar-refractivity contribution is 6.36. The van der Waals surface area contributed by atoms with Gasteiger partial charge in [-0.05, 0) is 106 Å². The standard InChI is InChI=1S/C41H45Cl2N5O5/c1-22-15-27-19-34(41(50)51)46(12-14-52-7)37(27)33(16-22)47-21-25(4)48-38-30(10-11-32(42)35(38)31(20-44)26(5)45-6)29(39(48)40(47)49)9-8-13-53-28-17-23(2)36(43)24(3)18-28/h10-11,15-20,25,44-45H,8-9,12-14,21H2,1-7H3,(H,50,51)/b31-26+,44-20?/t25-/m1/s1. The van der Waals surface area contributed by atoms with Gasteiger partial charge < -0.3 is 39.3 Å². The largest absolute Gasteiger partial charge is 0.494 e. The number of ether oxygens (including phenoxy) is 2. The minimum Gasteiger partial charge on any atom is -0.494 e. The third-order valence-corrected chi connectivity index (χ3v) is 11.1. The number of amides is 1. The van der Waals surface area contributed by atoms with E-state index in [1.807, 2.05) is 64.1 Å². The van der Waals surface area contributed by atoms with Gasteiger partial charge in [0.2, 0.25) is 0 Å². The molecule has 1 aliphatic rings. The number of aromatic nitrogens is 2. The van der Waals surface area contributed by atoms with E-state index in [2.05, 4.69) is 16.8 Å². The van der Waals surface area contributed by atoms with Gasteiger partial charge >= 0.3 is 5.97 Å². The third kappa shape index (κ3) is 6.80. The maximum Gasteiger partial charge on any atom is 0.352 e. The highest BCUT2D eigenvalue weighted by atomic mass is 35.5. The maximum absolute atomic E-state index is 15.2. The fraction of sp³-hybridized carbons (Fsp3) is 0.341. The molecule has 0 radical (unpaired) electrons. The second-order valence-corrected chi connectivity index (χ2v) is 14.5. The van der Waals surface area contributed by atoms with E-state index in [0.717, 1.165) is 55.0 Å². The second kappa shape index (κ2) is 15.3. The molecule has 0 aliphatic carbocycles. The number of fused-ring (bicyclic) bond motifs is 4. The summed E-state index contributed by atoms with van der Waals surface area (Å²) < 4.78 is 15.4. The number of halogens is 2. The number of aryl methyl sites for hydroxylation is 4. The van der Waals surface area contributed by atoms with Crippen LogP contribution in [-0.2, 0) is 17.7 Å². The lowest BCUT2D eigenvalue weighted by molar-refractivity contribution is 0.0683. The van der Waals surface area contributed by atoms with Gasteiger partial charge in [0.15, 0.2) is 0 Å². The molecule has 12 heteroatoms. The molecule has 3 aromatic carbocycles. The summed E-state index contributed by atoms with van der Waals surface area (Å²) in [6, 6.07) is 13.0. The number of anilines is 1. The first kappa shape index (κ1) is 38.0. The van der Waals surface area contributed by atoms with Gasteiger partial charge in [0.05, 0.1) is 35.0 Å². The van der Waals surface area contributed by atoms with E-state index in [0.29, 0.717) is 72.2 Å². The number of nitrogens with zero attached hydrogens (tertiary/aromatic N) is 3. The Morgan fingerprint density at radius 2 is 1.79 bits per heavy atom. The van der Waals surface area contributed by atoms with Crippen LogP contribution in [0, 0.1) is 26.2 Å². The van der Waals surface area contributed by atoms with Gasteiger partial charge in [0.1, 0.15) is 17.1 Å². The summed E-state index contributed by atoms with van der Waals surface area (Å²) in [7, 11) is 3.38. The Bertz CT molecular complexity index is 2300. The molecular weight excluding hydrogens is 713 g/mol. The Hall–Kier alpha value is -4.77. The average molecular weight is 759 g/mol. The highest BCUT2D eigenvalue weighted by Crippen LogP contribution is 2.43. The van der Waals surface area contributed by atoms with Crippen molar-refractivity contribution in [3.8, 4) is 5.75 Å². The quantitative estimate of drug-likeness (QED) is 0.0814. The zero-order chi connectivity index (χ0) is 38.3. The number of allylic oxidation sites excluding steroid dienone is 2. The normalized spacial score (nSPS) is 14.8. The summed E-state index contributed by atoms with van der Waals surface area (Å²) in [5.74, 6) is -0.513. The fourth-order valence-corrected chi connectivity index (χ4v) is 8.02. The number of benzene rings is 3. The van der Waals surface area contributed by atoms with Crippen molar-refractivity contribution < 1.29 is 24.2 Å². The Kier molecular flexibility index (Phi) is 11.0. The highest BCUT2D eigenvalue weighted by Gasteiger charge is 2.37. The first-order chi connectivity index (χ1) is 25.3. The lowest BCUT2D eigenvalue weighted by Crippen LogP contribution is -2.43. The number of rotatable bonds is 13. The number of methoxy groups -OCH3 is 1. The van der Waals surface area contributed by atoms with E-state index < -0.39 is 5.97 Å². The molecule has 3 N–H and O–H groups in total. The molecule has 53 heavy (non-hydrogen) atoms. The fourth-order valence-electron chi connectivity index (χ4n) is 7.66. The summed E-state index contributed by atoms with van der Waals surface area (Å²) >= 11 is 13.4. The van der Waals surface area contributed by atoms with Gasteiger partial charge in [-0.3, -0.25) is 4.79 Å². The van der Waals surface area contributed by atoms with E-state index >= 15 is 4.79 Å². The lowest BCUT2D eigenvalue weighted by Gasteiger charge is -2.35. The number of nitrogens with one attached hydrogen (secondary N) is 2. The van der Waals surface area contributed by atoms with Crippen LogP contribution in [0.2, 0.25) is 10.0 Å². The van der Waals surface area contributed by atoms with Crippen LogP contribution >= 0.6 is 23.2 Å². The summed E-state index contributed by atoms with van der Waals surface area (Å²) in [6.07, 6.45) is 2.45. The molecule has 6 rings (SSSR count). The van der Waals surface area contributed by atoms with Crippen LogP contribution in [0.5, 0.6) is 5.75 Å². The lowest BCUT2D eigenvalue weighted by atomic mass is 9.98. The summed E-state index contributed by atoms with van der Waals surface area (Å²) in [5.41, 5.74) is 8.53. The van der Waals surface area contributed by atoms with Crippen molar-refractivity contribution in [1.82, 2.24) is 14.5 Å². The van der Waals surface area contributed by atoms with Crippen molar-refractivity contribution >= 4 is 74.4 Å². The predicted octanol–water partition coefficient (Wildman–Crippen LogP) is 9.01. The minimum atomic E-state index is -1.05. The first-order valence-corrected chi connectivity index (χ1v) is 18.4. The van der Waals surface area contributed by atoms with E-state index in [4.69, 9.17) is 38.1 Å². The van der Waals surface area contributed by atoms with E-state index in [-0.39, 0.29) is 17.6 Å². The van der Waals surface area contributed by atoms with Crippen LogP contribution in [0.15, 0.2) is 48.2 Å². The summed E-state index contributed by atoms with van der Waals surface area (Å²) in [5, 5.41) is 24.6. The molecule has 0 bridgehead atoms. The SMILES string of the molecule is CN/C(C)=C(\C=N)c1c(Cl)ccc2c(CCCOc3cc(C)c(Cl)c(C)c3)c3n(c12)[C@H](C)CN(c1cc(C)cc2cc(C(=O)O)n(CCOC)c12)C3=O. The van der Waals surface area contributed by atoms with Crippen LogP contribution in [0.3, 0.4) is 0 Å². The molecular formula is C41H45Cl2N5O5. The Labute approximate surface area is 319 Å². The van der Waals surface area contributed by atoms with Crippen molar-refractivity contribution in [2.24, 2.45) is 0 Å². The van der Waals surface area contributed by atoms with Crippen LogP contribution in [-0.4, -0.2) is 66.2 Å². The van der Waals surface area contributed by atoms with Gasteiger partial charge in [-0.25, -0.2) is 4.79 Å². The number of carboxylic acids is 1. The zero-order valence-electron chi connectivity index (χ0n) is 31.1. The molecule has 0 saturated carbocycles. The molecule has 5 aromatic rings. The smallest absolute Gasteiger partial charge is 0.352 e. The van der Waals surface area contributed by atoms with Crippen LogP contribution < -0.4 is 15.0 Å². The minimum absolute atomic E-state index is 0.132. The van der Waals surface area contributed by atoms with Crippen LogP contribution in [0.1, 0.15) is 75.1 Å². The number of hydrogen-bond donors (Lipinski definition) is 3. The molecule has 278 valence electrons. The summed E-state index contributed by atoms with van der Waals surface area (Å²) in [4.78, 5) is 29.4. The number of hydrogen-bond acceptors (Lipinski definition) is 6. The zero-order valence-corrected chi connectivity index (χ0v) is 32.6. The van der Waals surface area contributed by atoms with E-state index in [9.17, 15) is 9.90 Å². The molecule has 0 spiro atoms. The van der Waals surface area contributed by atoms with Crippen LogP contribution in [0.4, 0.5) is 5.69 Å². The van der Waals surface area contributed by atoms with E-state index in [1.165, 1.54) is 6.21 Å². The van der Waals surface area contributed by atoms with Gasteiger partial charge in [-0.15, -0.1) is 0 Å². The maximum atomic E-state index is 15.2. The van der Waals surface area contributed by atoms with Crippen molar-refractivity contribution in [2.75, 3.05) is 38.8 Å². The monoisotopic (exact) mass is 757 g/mol. The van der Waals surface area contributed by atoms with Gasteiger partial charge in [-0.1, -0.05) is 29.3 Å². The van der Waals surface area contributed by atoms with Crippen LogP contribution in [0.25, 0.3) is 27.4 Å². The van der Waals surface area contributed by atoms with Crippen molar-refractivity contribution in [3.05, 3.63) is 97.4 Å². The van der Waals surface area contributed by atoms with Gasteiger partial charge in [-0.2, -0.15) is 0 Å². The molecule has 1 aliphatic heterocycles. The van der Waals surface area contributed by atoms with E-state index in [1.54, 1.807) is 29.7 Å². The number of carbonyl (C=O) groups is 2. The van der Waals surface area contributed by atoms with Gasteiger partial charge in [0.25, 0.3) is 5.91 Å². The first-order valence-electron chi connectivity index (χ1n) is 17.6. The van der Waals surface area contributed by atoms with Gasteiger partial charge in [0, 0.05) is 72.1 Å². The topological polar surface area (TPSA) is 122 Å². The second-order valence-electron chi connectivity index (χ2n) is 13.7. The molecule has 0 unspecified atom stereocenters. The molecule has 2 aromatic heterocycles. The molecule has 1 amide bonds. The number of carboxylic acid groups (broad SMARTS) is 1. The molecule has 10 nitrogen and oxygen atoms in total. The summed E-state index contributed by atoms with van der Waals surface area (Å²) in [6.45, 7) is 11.2. The number of carbonyl (C=O) groups excluding carboxylic acids is 1. The Morgan fingerprint density at radius 1 is 1.08 bits per heavy atom. The van der Waals surface area contributed by atoms with Crippen molar-refractivity contribution in [2.45, 2.75) is 60.0 Å². The molecule has 0 fully saturated rings. The Balaban J connectivity index is 1.53. The predicted molar refractivity (Wildman–Crippen MR) is 214 cm³/mol. The Morgan fingerprint density at radius 3 is 2.43 bits per heavy atom.